The summed E-state index contributed by atoms with van der Waals surface area (Å²) in [6, 6.07) is 15.6. The number of likely N-dealkylation sites (tertiary alicyclic amines) is 1. The van der Waals surface area contributed by atoms with Crippen molar-refractivity contribution in [2.24, 2.45) is 0 Å². The van der Waals surface area contributed by atoms with Crippen LogP contribution in [0.1, 0.15) is 45.2 Å². The van der Waals surface area contributed by atoms with Crippen molar-refractivity contribution in [1.82, 2.24) is 19.8 Å². The molecule has 0 radical (unpaired) electrons. The lowest BCUT2D eigenvalue weighted by atomic mass is 9.96. The number of hydrogen-bond acceptors (Lipinski definition) is 6. The van der Waals surface area contributed by atoms with Gasteiger partial charge in [-0.3, -0.25) is 14.5 Å². The Hall–Kier alpha value is -2.20. The molecule has 0 aromatic heterocycles. The van der Waals surface area contributed by atoms with Crippen molar-refractivity contribution >= 4 is 34.5 Å². The number of aliphatic hydroxyl groups excluding tert-OH is 1. The number of benzene rings is 2. The summed E-state index contributed by atoms with van der Waals surface area (Å²) in [6.07, 6.45) is 2.67. The largest absolute Gasteiger partial charge is 0.389 e. The molecular formula is C27H41FN4O3S. The summed E-state index contributed by atoms with van der Waals surface area (Å²) in [5.41, 5.74) is 1.34. The molecule has 2 atom stereocenters. The average molecular weight is 521 g/mol. The highest BCUT2D eigenvalue weighted by atomic mass is 32.2. The molecule has 2 aromatic rings. The first kappa shape index (κ1) is 30.0. The summed E-state index contributed by atoms with van der Waals surface area (Å²) >= 11 is 1.54. The molecule has 0 saturated carbocycles. The Kier molecular flexibility index (Phi) is 13.2. The number of fused-ring (bicyclic) bond motifs is 1. The number of carbonyl (C=O) groups is 2. The highest BCUT2D eigenvalue weighted by Gasteiger charge is 2.28. The SMILES string of the molecule is CC.CSN(CC(=O)NCC(=O)NCC(O)CF)C1CCN(C(C)c2cccc3ccccc23)CC1. The van der Waals surface area contributed by atoms with E-state index >= 15 is 0 Å². The molecule has 1 saturated heterocycles. The van der Waals surface area contributed by atoms with E-state index in [0.29, 0.717) is 6.04 Å². The van der Waals surface area contributed by atoms with Crippen LogP contribution in [0.3, 0.4) is 0 Å². The van der Waals surface area contributed by atoms with Gasteiger partial charge in [-0.1, -0.05) is 68.3 Å². The minimum absolute atomic E-state index is 0.169. The Morgan fingerprint density at radius 3 is 2.44 bits per heavy atom. The molecule has 0 bridgehead atoms. The summed E-state index contributed by atoms with van der Waals surface area (Å²) in [5.74, 6) is -0.686. The molecule has 2 aromatic carbocycles. The van der Waals surface area contributed by atoms with Crippen LogP contribution in [-0.2, 0) is 9.59 Å². The van der Waals surface area contributed by atoms with E-state index in [0.717, 1.165) is 25.9 Å². The van der Waals surface area contributed by atoms with E-state index in [1.165, 1.54) is 16.3 Å². The maximum Gasteiger partial charge on any atom is 0.239 e. The Balaban J connectivity index is 0.00000222. The number of aliphatic hydroxyl groups is 1. The van der Waals surface area contributed by atoms with Gasteiger partial charge in [-0.25, -0.2) is 8.70 Å². The van der Waals surface area contributed by atoms with Crippen molar-refractivity contribution < 1.29 is 19.1 Å². The highest BCUT2D eigenvalue weighted by molar-refractivity contribution is 7.96. The molecule has 1 aliphatic rings. The van der Waals surface area contributed by atoms with Crippen LogP contribution in [0, 0.1) is 0 Å². The van der Waals surface area contributed by atoms with Crippen molar-refractivity contribution in [3.05, 3.63) is 48.0 Å². The lowest BCUT2D eigenvalue weighted by molar-refractivity contribution is -0.126. The zero-order chi connectivity index (χ0) is 26.5. The van der Waals surface area contributed by atoms with E-state index in [9.17, 15) is 14.0 Å². The quantitative estimate of drug-likeness (QED) is 0.393. The van der Waals surface area contributed by atoms with Crippen LogP contribution >= 0.6 is 11.9 Å². The van der Waals surface area contributed by atoms with Crippen LogP contribution in [0.4, 0.5) is 4.39 Å². The maximum atomic E-state index is 12.4. The Bertz CT molecular complexity index is 950. The van der Waals surface area contributed by atoms with Crippen LogP contribution in [-0.4, -0.2) is 83.9 Å². The van der Waals surface area contributed by atoms with Gasteiger partial charge in [0.05, 0.1) is 19.2 Å². The number of nitrogens with one attached hydrogen (secondary N) is 2. The summed E-state index contributed by atoms with van der Waals surface area (Å²) in [5, 5.41) is 16.7. The van der Waals surface area contributed by atoms with Crippen LogP contribution < -0.4 is 10.6 Å². The molecule has 1 fully saturated rings. The zero-order valence-corrected chi connectivity index (χ0v) is 22.7. The Morgan fingerprint density at radius 2 is 1.78 bits per heavy atom. The molecule has 2 amide bonds. The van der Waals surface area contributed by atoms with Gasteiger partial charge in [0.25, 0.3) is 0 Å². The molecule has 36 heavy (non-hydrogen) atoms. The molecule has 2 unspecified atom stereocenters. The van der Waals surface area contributed by atoms with Crippen molar-refractivity contribution in [1.29, 1.82) is 0 Å². The Morgan fingerprint density at radius 1 is 1.11 bits per heavy atom. The monoisotopic (exact) mass is 520 g/mol. The molecule has 3 rings (SSSR count). The van der Waals surface area contributed by atoms with Crippen molar-refractivity contribution in [3.63, 3.8) is 0 Å². The molecule has 0 spiro atoms. The normalized spacial score (nSPS) is 16.2. The number of rotatable bonds is 11. The second-order valence-electron chi connectivity index (χ2n) is 8.66. The molecule has 0 aliphatic carbocycles. The van der Waals surface area contributed by atoms with Crippen LogP contribution in [0.2, 0.25) is 0 Å². The summed E-state index contributed by atoms with van der Waals surface area (Å²) in [7, 11) is 0. The third kappa shape index (κ3) is 8.73. The third-order valence-electron chi connectivity index (χ3n) is 6.42. The van der Waals surface area contributed by atoms with Gasteiger partial charge in [0, 0.05) is 31.7 Å². The van der Waals surface area contributed by atoms with Gasteiger partial charge >= 0.3 is 0 Å². The van der Waals surface area contributed by atoms with E-state index in [4.69, 9.17) is 5.11 Å². The van der Waals surface area contributed by atoms with E-state index in [2.05, 4.69) is 69.2 Å². The van der Waals surface area contributed by atoms with Gasteiger partial charge < -0.3 is 15.7 Å². The topological polar surface area (TPSA) is 84.9 Å². The average Bonchev–Trinajstić information content (AvgIpc) is 2.93. The van der Waals surface area contributed by atoms with Gasteiger partial charge in [0.15, 0.2) is 0 Å². The first-order chi connectivity index (χ1) is 17.4. The second-order valence-corrected chi connectivity index (χ2v) is 9.49. The number of nitrogens with zero attached hydrogens (tertiary/aromatic N) is 2. The molecule has 200 valence electrons. The van der Waals surface area contributed by atoms with Gasteiger partial charge in [-0.05, 0) is 42.4 Å². The summed E-state index contributed by atoms with van der Waals surface area (Å²) in [4.78, 5) is 26.6. The predicted molar refractivity (Wildman–Crippen MR) is 147 cm³/mol. The summed E-state index contributed by atoms with van der Waals surface area (Å²) in [6.45, 7) is 7.08. The van der Waals surface area contributed by atoms with Crippen LogP contribution in [0.25, 0.3) is 10.8 Å². The lowest BCUT2D eigenvalue weighted by Gasteiger charge is -2.40. The molecular weight excluding hydrogens is 479 g/mol. The van der Waals surface area contributed by atoms with Gasteiger partial charge in [0.1, 0.15) is 6.67 Å². The standard InChI is InChI=1S/C25H35FN4O3S.C2H6/c1-18(22-9-5-7-19-6-3-4-8-23(19)22)29-12-10-20(11-13-29)30(34-2)17-25(33)28-16-24(32)27-15-21(31)14-26;1-2/h3-9,18,20-21,31H,10-17H2,1-2H3,(H,27,32)(H,28,33);1-2H3. The van der Waals surface area contributed by atoms with Gasteiger partial charge in [-0.15, -0.1) is 0 Å². The van der Waals surface area contributed by atoms with Crippen molar-refractivity contribution in [2.75, 3.05) is 45.7 Å². The third-order valence-corrected chi connectivity index (χ3v) is 7.32. The minimum Gasteiger partial charge on any atom is -0.389 e. The van der Waals surface area contributed by atoms with Gasteiger partial charge in [0.2, 0.25) is 11.8 Å². The zero-order valence-electron chi connectivity index (χ0n) is 21.9. The molecule has 1 heterocycles. The van der Waals surface area contributed by atoms with E-state index in [1.54, 1.807) is 11.9 Å². The fraction of sp³-hybridized carbons (Fsp3) is 0.556. The number of hydrogen-bond donors (Lipinski definition) is 3. The fourth-order valence-electron chi connectivity index (χ4n) is 4.44. The summed E-state index contributed by atoms with van der Waals surface area (Å²) < 4.78 is 14.3. The molecule has 7 nitrogen and oxygen atoms in total. The number of amides is 2. The Labute approximate surface area is 218 Å². The predicted octanol–water partition coefficient (Wildman–Crippen LogP) is 3.53. The fourth-order valence-corrected chi connectivity index (χ4v) is 5.20. The molecule has 3 N–H and O–H groups in total. The smallest absolute Gasteiger partial charge is 0.239 e. The van der Waals surface area contributed by atoms with Crippen LogP contribution in [0.15, 0.2) is 42.5 Å². The maximum absolute atomic E-state index is 12.4. The van der Waals surface area contributed by atoms with E-state index < -0.39 is 18.7 Å². The van der Waals surface area contributed by atoms with Crippen molar-refractivity contribution in [2.45, 2.75) is 51.8 Å². The number of halogens is 1. The van der Waals surface area contributed by atoms with Crippen LogP contribution in [0.5, 0.6) is 0 Å². The van der Waals surface area contributed by atoms with E-state index in [1.807, 2.05) is 20.1 Å². The number of alkyl halides is 1. The number of piperidine rings is 1. The first-order valence-electron chi connectivity index (χ1n) is 12.7. The lowest BCUT2D eigenvalue weighted by Crippen LogP contribution is -2.47. The first-order valence-corrected chi connectivity index (χ1v) is 13.9. The highest BCUT2D eigenvalue weighted by Crippen LogP contribution is 2.31. The van der Waals surface area contributed by atoms with Gasteiger partial charge in [-0.2, -0.15) is 0 Å². The van der Waals surface area contributed by atoms with Crippen molar-refractivity contribution in [3.8, 4) is 0 Å². The van der Waals surface area contributed by atoms with E-state index in [-0.39, 0.29) is 31.6 Å². The minimum atomic E-state index is -1.22. The number of carbonyl (C=O) groups excluding carboxylic acids is 2. The molecule has 1 aliphatic heterocycles. The second kappa shape index (κ2) is 15.8. The molecule has 9 heteroatoms.